The lowest BCUT2D eigenvalue weighted by molar-refractivity contribution is -0.274. The first-order chi connectivity index (χ1) is 16.5. The molecule has 12 heteroatoms. The number of benzene rings is 2. The number of Topliss-reactive ketones (excluding diaryl/α,β-unsaturated/α-hetero) is 1. The molecular weight excluding hydrogens is 469 g/mol. The Morgan fingerprint density at radius 3 is 2.66 bits per heavy atom. The Kier molecular flexibility index (Phi) is 6.29. The second-order valence-corrected chi connectivity index (χ2v) is 8.07. The molecule has 3 amide bonds. The minimum atomic E-state index is -4.85. The Morgan fingerprint density at radius 2 is 1.94 bits per heavy atom. The number of aromatic hydroxyl groups is 1. The second-order valence-electron chi connectivity index (χ2n) is 8.07. The summed E-state index contributed by atoms with van der Waals surface area (Å²) in [6.07, 6.45) is -2.75. The van der Waals surface area contributed by atoms with Crippen molar-refractivity contribution in [2.75, 3.05) is 11.9 Å². The number of fused-ring (bicyclic) bond motifs is 1. The van der Waals surface area contributed by atoms with Crippen molar-refractivity contribution in [2.45, 2.75) is 31.7 Å². The van der Waals surface area contributed by atoms with E-state index in [1.165, 1.54) is 41.4 Å². The van der Waals surface area contributed by atoms with E-state index in [9.17, 15) is 32.7 Å². The van der Waals surface area contributed by atoms with Gasteiger partial charge in [-0.2, -0.15) is 0 Å². The van der Waals surface area contributed by atoms with Gasteiger partial charge in [0.05, 0.1) is 17.2 Å². The Morgan fingerprint density at radius 1 is 1.17 bits per heavy atom. The fourth-order valence-electron chi connectivity index (χ4n) is 4.20. The minimum absolute atomic E-state index is 0.0822. The van der Waals surface area contributed by atoms with Crippen LogP contribution in [-0.2, 0) is 11.2 Å². The molecule has 1 atom stereocenters. The van der Waals surface area contributed by atoms with Crippen molar-refractivity contribution in [2.24, 2.45) is 5.73 Å². The Balaban J connectivity index is 1.50. The number of aromatic nitrogens is 1. The number of hydrogen-bond donors (Lipinski definition) is 3. The number of primary amides is 1. The lowest BCUT2D eigenvalue weighted by Crippen LogP contribution is -2.43. The normalized spacial score (nSPS) is 15.9. The lowest BCUT2D eigenvalue weighted by atomic mass is 10.0. The third-order valence-electron chi connectivity index (χ3n) is 5.66. The van der Waals surface area contributed by atoms with Crippen molar-refractivity contribution >= 4 is 34.4 Å². The molecule has 35 heavy (non-hydrogen) atoms. The maximum absolute atomic E-state index is 13.0. The summed E-state index contributed by atoms with van der Waals surface area (Å²) in [6.45, 7) is 0.291. The maximum Gasteiger partial charge on any atom is 0.573 e. The molecule has 0 bridgehead atoms. The lowest BCUT2D eigenvalue weighted by Gasteiger charge is -2.24. The van der Waals surface area contributed by atoms with E-state index < -0.39 is 30.2 Å². The first kappa shape index (κ1) is 23.9. The van der Waals surface area contributed by atoms with Crippen molar-refractivity contribution in [1.82, 2.24) is 9.47 Å². The molecule has 1 saturated heterocycles. The summed E-state index contributed by atoms with van der Waals surface area (Å²) < 4.78 is 42.5. The molecular formula is C23H21F3N4O5. The highest BCUT2D eigenvalue weighted by molar-refractivity contribution is 6.06. The van der Waals surface area contributed by atoms with E-state index >= 15 is 0 Å². The molecule has 0 saturated carbocycles. The third kappa shape index (κ3) is 5.31. The molecule has 0 radical (unpaired) electrons. The van der Waals surface area contributed by atoms with Gasteiger partial charge in [-0.3, -0.25) is 9.36 Å². The van der Waals surface area contributed by atoms with Crippen molar-refractivity contribution < 1.29 is 37.4 Å². The van der Waals surface area contributed by atoms with Gasteiger partial charge in [0.15, 0.2) is 5.78 Å². The van der Waals surface area contributed by atoms with Crippen LogP contribution in [0.3, 0.4) is 0 Å². The van der Waals surface area contributed by atoms with Crippen LogP contribution in [0.25, 0.3) is 10.9 Å². The highest BCUT2D eigenvalue weighted by Crippen LogP contribution is 2.30. The predicted molar refractivity (Wildman–Crippen MR) is 119 cm³/mol. The summed E-state index contributed by atoms with van der Waals surface area (Å²) in [7, 11) is 0. The zero-order valence-electron chi connectivity index (χ0n) is 18.2. The zero-order chi connectivity index (χ0) is 25.3. The highest BCUT2D eigenvalue weighted by atomic mass is 19.4. The van der Waals surface area contributed by atoms with Crippen LogP contribution in [0.5, 0.6) is 11.5 Å². The van der Waals surface area contributed by atoms with E-state index in [-0.39, 0.29) is 23.6 Å². The molecule has 1 fully saturated rings. The quantitative estimate of drug-likeness (QED) is 0.499. The third-order valence-corrected chi connectivity index (χ3v) is 5.66. The van der Waals surface area contributed by atoms with Gasteiger partial charge in [-0.15, -0.1) is 13.2 Å². The maximum atomic E-state index is 13.0. The average molecular weight is 490 g/mol. The van der Waals surface area contributed by atoms with E-state index in [2.05, 4.69) is 10.1 Å². The Hall–Kier alpha value is -4.22. The number of carbonyl (C=O) groups is 3. The number of nitrogens with two attached hydrogens (primary N) is 1. The van der Waals surface area contributed by atoms with Crippen LogP contribution >= 0.6 is 0 Å². The molecule has 9 nitrogen and oxygen atoms in total. The van der Waals surface area contributed by atoms with E-state index in [0.717, 1.165) is 16.7 Å². The van der Waals surface area contributed by atoms with E-state index in [0.29, 0.717) is 35.9 Å². The summed E-state index contributed by atoms with van der Waals surface area (Å²) in [5, 5.41) is 12.9. The summed E-state index contributed by atoms with van der Waals surface area (Å²) in [6, 6.07) is 7.19. The number of nitrogens with one attached hydrogen (secondary N) is 1. The zero-order valence-corrected chi connectivity index (χ0v) is 18.2. The molecule has 0 spiro atoms. The van der Waals surface area contributed by atoms with Crippen molar-refractivity contribution in [3.05, 3.63) is 54.2 Å². The summed E-state index contributed by atoms with van der Waals surface area (Å²) in [5.74, 6) is -0.849. The number of alkyl halides is 3. The van der Waals surface area contributed by atoms with Crippen molar-refractivity contribution in [3.8, 4) is 11.5 Å². The number of carbonyl (C=O) groups excluding carboxylic acids is 3. The fourth-order valence-corrected chi connectivity index (χ4v) is 4.20. The second kappa shape index (κ2) is 9.20. The minimum Gasteiger partial charge on any atom is -0.508 e. The van der Waals surface area contributed by atoms with Gasteiger partial charge in [0.2, 0.25) is 0 Å². The van der Waals surface area contributed by atoms with Crippen LogP contribution in [0.1, 0.15) is 18.4 Å². The molecule has 1 aliphatic heterocycles. The number of urea groups is 1. The van der Waals surface area contributed by atoms with Crippen LogP contribution in [0.4, 0.5) is 28.4 Å². The number of likely N-dealkylation sites (tertiary alicyclic amines) is 1. The average Bonchev–Trinajstić information content (AvgIpc) is 3.38. The summed E-state index contributed by atoms with van der Waals surface area (Å²) in [4.78, 5) is 39.1. The van der Waals surface area contributed by atoms with Gasteiger partial charge in [-0.05, 0) is 48.7 Å². The fraction of sp³-hybridized carbons (Fsp3) is 0.261. The first-order valence-electron chi connectivity index (χ1n) is 10.6. The summed E-state index contributed by atoms with van der Waals surface area (Å²) >= 11 is 0. The first-order valence-corrected chi connectivity index (χ1v) is 10.6. The monoisotopic (exact) mass is 490 g/mol. The van der Waals surface area contributed by atoms with E-state index in [1.54, 1.807) is 0 Å². The number of nitrogens with zero attached hydrogens (tertiary/aromatic N) is 2. The van der Waals surface area contributed by atoms with Crippen molar-refractivity contribution in [1.29, 1.82) is 0 Å². The molecule has 1 aliphatic rings. The van der Waals surface area contributed by atoms with Gasteiger partial charge in [-0.25, -0.2) is 9.59 Å². The molecule has 0 unspecified atom stereocenters. The number of halogens is 3. The van der Waals surface area contributed by atoms with Crippen LogP contribution in [0.15, 0.2) is 48.7 Å². The number of anilines is 1. The summed E-state index contributed by atoms with van der Waals surface area (Å²) in [5.41, 5.74) is 6.30. The number of phenols is 1. The molecule has 0 aliphatic carbocycles. The van der Waals surface area contributed by atoms with Gasteiger partial charge >= 0.3 is 18.4 Å². The van der Waals surface area contributed by atoms with Gasteiger partial charge in [0.1, 0.15) is 11.5 Å². The van der Waals surface area contributed by atoms with Gasteiger partial charge < -0.3 is 25.8 Å². The van der Waals surface area contributed by atoms with Gasteiger partial charge in [-0.1, -0.05) is 12.1 Å². The SMILES string of the molecule is NC(=O)n1cc(NC(=O)N2CCC[C@H]2C(=O)Cc2cccc(OC(F)(F)F)c2)c2cc(O)ccc21. The molecule has 4 N–H and O–H groups in total. The largest absolute Gasteiger partial charge is 0.573 e. The highest BCUT2D eigenvalue weighted by Gasteiger charge is 2.35. The van der Waals surface area contributed by atoms with Gasteiger partial charge in [0.25, 0.3) is 0 Å². The number of ether oxygens (including phenoxy) is 1. The number of rotatable bonds is 5. The number of hydrogen-bond acceptors (Lipinski definition) is 5. The molecule has 2 aromatic carbocycles. The molecule has 4 rings (SSSR count). The number of ketones is 1. The number of phenolic OH excluding ortho intramolecular Hbond substituents is 1. The standard InChI is InChI=1S/C23H21F3N4O5/c24-23(25,26)35-15-4-1-3-13(9-15)10-20(32)19-5-2-8-29(19)22(34)28-17-12-30(21(27)33)18-7-6-14(31)11-16(17)18/h1,3-4,6-7,9,11-12,19,31H,2,5,8,10H2,(H2,27,33)(H,28,34)/t19-/m0/s1. The predicted octanol–water partition coefficient (Wildman–Crippen LogP) is 3.98. The Labute approximate surface area is 196 Å². The van der Waals surface area contributed by atoms with Crippen molar-refractivity contribution in [3.63, 3.8) is 0 Å². The van der Waals surface area contributed by atoms with Gasteiger partial charge in [0, 0.05) is 24.5 Å². The van der Waals surface area contributed by atoms with Crippen LogP contribution in [-0.4, -0.2) is 51.4 Å². The molecule has 184 valence electrons. The smallest absolute Gasteiger partial charge is 0.508 e. The molecule has 2 heterocycles. The molecule has 1 aromatic heterocycles. The topological polar surface area (TPSA) is 127 Å². The van der Waals surface area contributed by atoms with Crippen LogP contribution in [0.2, 0.25) is 0 Å². The van der Waals surface area contributed by atoms with Crippen LogP contribution < -0.4 is 15.8 Å². The van der Waals surface area contributed by atoms with E-state index in [1.807, 2.05) is 0 Å². The van der Waals surface area contributed by atoms with E-state index in [4.69, 9.17) is 5.73 Å². The Bertz CT molecular complexity index is 1300. The number of amides is 3. The van der Waals surface area contributed by atoms with Crippen LogP contribution in [0, 0.1) is 0 Å². The molecule has 3 aromatic rings.